The molecule has 144 valence electrons. The Bertz CT molecular complexity index is 941. The predicted octanol–water partition coefficient (Wildman–Crippen LogP) is -0.0796. The molecule has 0 saturated carbocycles. The number of ether oxygens (including phenoxy) is 2. The maximum atomic E-state index is 12.0. The normalized spacial score (nSPS) is 25.3. The number of nitrogens with zero attached hydrogens (tertiary/aromatic N) is 2. The molecule has 0 bridgehead atoms. The second kappa shape index (κ2) is 6.19. The minimum absolute atomic E-state index is 0.105. The molecule has 2 aliphatic heterocycles. The van der Waals surface area contributed by atoms with E-state index in [1.165, 1.54) is 0 Å². The van der Waals surface area contributed by atoms with Gasteiger partial charge in [0.2, 0.25) is 5.91 Å². The number of carboxylic acid groups (broad SMARTS) is 1. The van der Waals surface area contributed by atoms with Gasteiger partial charge in [0, 0.05) is 12.1 Å². The number of carbonyl (C=O) groups excluding carboxylic acids is 2. The maximum absolute atomic E-state index is 12.0. The lowest BCUT2D eigenvalue weighted by molar-refractivity contribution is -0.384. The summed E-state index contributed by atoms with van der Waals surface area (Å²) in [6, 6.07) is 4.41. The zero-order valence-corrected chi connectivity index (χ0v) is 14.2. The fourth-order valence-corrected chi connectivity index (χ4v) is 5.21. The molecule has 0 radical (unpaired) electrons. The van der Waals surface area contributed by atoms with Gasteiger partial charge in [-0.05, 0) is 12.1 Å². The standard InChI is InChI=1S/C14H12N2O10S/c17-10-5-11-15(10)14(12(18)19,7-27(11,23)24)6-25-13(20)26-9-3-1-8(2-4-9)16(21)22/h1-4,11H,5-7H2,(H,18,19). The number of rotatable bonds is 5. The number of benzene rings is 1. The Morgan fingerprint density at radius 1 is 1.33 bits per heavy atom. The van der Waals surface area contributed by atoms with E-state index < -0.39 is 56.1 Å². The number of non-ortho nitro benzene ring substituents is 1. The Labute approximate surface area is 151 Å². The summed E-state index contributed by atoms with van der Waals surface area (Å²) in [4.78, 5) is 45.8. The highest BCUT2D eigenvalue weighted by Crippen LogP contribution is 2.41. The Kier molecular flexibility index (Phi) is 4.26. The SMILES string of the molecule is O=C(OCC1(C(=O)O)CS(=O)(=O)C2CC(=O)N21)Oc1ccc([N+](=O)[O-])cc1. The van der Waals surface area contributed by atoms with Crippen molar-refractivity contribution in [3.05, 3.63) is 34.4 Å². The second-order valence-corrected chi connectivity index (χ2v) is 8.12. The van der Waals surface area contributed by atoms with E-state index in [2.05, 4.69) is 0 Å². The number of nitro benzene ring substituents is 1. The number of amides is 1. The van der Waals surface area contributed by atoms with Crippen LogP contribution in [0, 0.1) is 10.1 Å². The Morgan fingerprint density at radius 2 is 1.96 bits per heavy atom. The lowest BCUT2D eigenvalue weighted by Crippen LogP contribution is -2.65. The highest BCUT2D eigenvalue weighted by Gasteiger charge is 2.67. The van der Waals surface area contributed by atoms with Crippen LogP contribution in [-0.4, -0.2) is 64.7 Å². The van der Waals surface area contributed by atoms with Crippen LogP contribution in [0.5, 0.6) is 5.75 Å². The van der Waals surface area contributed by atoms with Crippen LogP contribution in [0.1, 0.15) is 6.42 Å². The molecule has 0 spiro atoms. The molecule has 1 aromatic carbocycles. The zero-order chi connectivity index (χ0) is 20.0. The van der Waals surface area contributed by atoms with Crippen molar-refractivity contribution in [1.82, 2.24) is 4.90 Å². The molecule has 2 atom stereocenters. The van der Waals surface area contributed by atoms with E-state index in [-0.39, 0.29) is 17.9 Å². The van der Waals surface area contributed by atoms with E-state index in [1.807, 2.05) is 0 Å². The average molecular weight is 400 g/mol. The highest BCUT2D eigenvalue weighted by molar-refractivity contribution is 7.92. The molecule has 13 heteroatoms. The molecule has 1 amide bonds. The monoisotopic (exact) mass is 400 g/mol. The van der Waals surface area contributed by atoms with E-state index in [1.54, 1.807) is 0 Å². The molecule has 2 unspecified atom stereocenters. The Balaban J connectivity index is 1.70. The second-order valence-electron chi connectivity index (χ2n) is 5.96. The molecular formula is C14H12N2O10S. The predicted molar refractivity (Wildman–Crippen MR) is 84.5 cm³/mol. The Morgan fingerprint density at radius 3 is 2.48 bits per heavy atom. The fraction of sp³-hybridized carbons (Fsp3) is 0.357. The van der Waals surface area contributed by atoms with Crippen molar-refractivity contribution in [3.8, 4) is 5.75 Å². The molecule has 1 aromatic rings. The van der Waals surface area contributed by atoms with Crippen LogP contribution >= 0.6 is 0 Å². The van der Waals surface area contributed by atoms with E-state index in [0.717, 1.165) is 24.3 Å². The maximum Gasteiger partial charge on any atom is 0.513 e. The van der Waals surface area contributed by atoms with E-state index in [9.17, 15) is 38.0 Å². The minimum Gasteiger partial charge on any atom is -0.479 e. The number of carboxylic acids is 1. The molecule has 2 aliphatic rings. The molecule has 1 N–H and O–H groups in total. The first-order chi connectivity index (χ1) is 12.6. The van der Waals surface area contributed by atoms with E-state index in [4.69, 9.17) is 9.47 Å². The number of fused-ring (bicyclic) bond motifs is 1. The molecule has 0 aliphatic carbocycles. The summed E-state index contributed by atoms with van der Waals surface area (Å²) in [6.45, 7) is -0.921. The fourth-order valence-electron chi connectivity index (χ4n) is 2.97. The Hall–Kier alpha value is -3.22. The van der Waals surface area contributed by atoms with Crippen molar-refractivity contribution in [3.63, 3.8) is 0 Å². The van der Waals surface area contributed by atoms with Crippen LogP contribution < -0.4 is 4.74 Å². The zero-order valence-electron chi connectivity index (χ0n) is 13.4. The summed E-state index contributed by atoms with van der Waals surface area (Å²) in [5.74, 6) is -3.27. The largest absolute Gasteiger partial charge is 0.513 e. The van der Waals surface area contributed by atoms with Crippen LogP contribution in [0.2, 0.25) is 0 Å². The first-order valence-corrected chi connectivity index (χ1v) is 9.14. The molecule has 12 nitrogen and oxygen atoms in total. The smallest absolute Gasteiger partial charge is 0.479 e. The van der Waals surface area contributed by atoms with Crippen molar-refractivity contribution in [2.24, 2.45) is 0 Å². The number of β-lactam (4-membered cyclic amide) rings is 1. The van der Waals surface area contributed by atoms with Gasteiger partial charge in [-0.1, -0.05) is 0 Å². The lowest BCUT2D eigenvalue weighted by atomic mass is 9.96. The van der Waals surface area contributed by atoms with Crippen molar-refractivity contribution in [2.75, 3.05) is 12.4 Å². The number of hydrogen-bond acceptors (Lipinski definition) is 9. The van der Waals surface area contributed by atoms with Crippen molar-refractivity contribution in [2.45, 2.75) is 17.3 Å². The quantitative estimate of drug-likeness (QED) is 0.232. The van der Waals surface area contributed by atoms with Gasteiger partial charge in [-0.3, -0.25) is 14.9 Å². The third kappa shape index (κ3) is 3.05. The third-order valence-corrected chi connectivity index (χ3v) is 6.38. The van der Waals surface area contributed by atoms with Crippen molar-refractivity contribution >= 4 is 33.6 Å². The minimum atomic E-state index is -3.86. The van der Waals surface area contributed by atoms with Crippen molar-refractivity contribution in [1.29, 1.82) is 0 Å². The van der Waals surface area contributed by atoms with Gasteiger partial charge in [0.25, 0.3) is 5.69 Å². The molecule has 2 saturated heterocycles. The van der Waals surface area contributed by atoms with Crippen LogP contribution in [-0.2, 0) is 24.2 Å². The van der Waals surface area contributed by atoms with Crippen LogP contribution in [0.3, 0.4) is 0 Å². The summed E-state index contributed by atoms with van der Waals surface area (Å²) < 4.78 is 33.6. The first kappa shape index (κ1) is 18.6. The third-order valence-electron chi connectivity index (χ3n) is 4.30. The van der Waals surface area contributed by atoms with Gasteiger partial charge in [-0.2, -0.15) is 0 Å². The average Bonchev–Trinajstić information content (AvgIpc) is 2.76. The molecule has 27 heavy (non-hydrogen) atoms. The first-order valence-electron chi connectivity index (χ1n) is 7.43. The van der Waals surface area contributed by atoms with Gasteiger partial charge in [-0.15, -0.1) is 0 Å². The summed E-state index contributed by atoms with van der Waals surface area (Å²) in [5.41, 5.74) is -2.45. The van der Waals surface area contributed by atoms with Gasteiger partial charge >= 0.3 is 12.1 Å². The van der Waals surface area contributed by atoms with Gasteiger partial charge < -0.3 is 19.5 Å². The number of sulfone groups is 1. The summed E-state index contributed by atoms with van der Waals surface area (Å²) >= 11 is 0. The van der Waals surface area contributed by atoms with E-state index >= 15 is 0 Å². The van der Waals surface area contributed by atoms with Crippen LogP contribution in [0.4, 0.5) is 10.5 Å². The van der Waals surface area contributed by atoms with Gasteiger partial charge in [0.05, 0.1) is 17.1 Å². The number of aliphatic carboxylic acids is 1. The van der Waals surface area contributed by atoms with Gasteiger partial charge in [0.1, 0.15) is 17.7 Å². The van der Waals surface area contributed by atoms with Crippen LogP contribution in [0.25, 0.3) is 0 Å². The highest BCUT2D eigenvalue weighted by atomic mass is 32.2. The molecule has 3 rings (SSSR count). The molecular weight excluding hydrogens is 388 g/mol. The molecule has 2 fully saturated rings. The number of hydrogen-bond donors (Lipinski definition) is 1. The van der Waals surface area contributed by atoms with Crippen LogP contribution in [0.15, 0.2) is 24.3 Å². The molecule has 0 aromatic heterocycles. The van der Waals surface area contributed by atoms with Crippen molar-refractivity contribution < 1.29 is 42.3 Å². The number of nitro groups is 1. The topological polar surface area (TPSA) is 170 Å². The van der Waals surface area contributed by atoms with E-state index in [0.29, 0.717) is 4.90 Å². The lowest BCUT2D eigenvalue weighted by Gasteiger charge is -2.41. The summed E-state index contributed by atoms with van der Waals surface area (Å²) in [5, 5.41) is 18.8. The summed E-state index contributed by atoms with van der Waals surface area (Å²) in [6.07, 6.45) is -1.66. The number of carbonyl (C=O) groups is 3. The van der Waals surface area contributed by atoms with Gasteiger partial charge in [0.15, 0.2) is 15.4 Å². The van der Waals surface area contributed by atoms with Gasteiger partial charge in [-0.25, -0.2) is 18.0 Å². The summed E-state index contributed by atoms with van der Waals surface area (Å²) in [7, 11) is -3.86. The molecule has 2 heterocycles.